The number of ether oxygens (including phenoxy) is 2. The maximum atomic E-state index is 12.3. The Bertz CT molecular complexity index is 915. The molecule has 0 aliphatic rings. The highest BCUT2D eigenvalue weighted by Gasteiger charge is 2.30. The number of carbonyl (C=O) groups is 1. The Hall–Kier alpha value is -1.18. The molecule has 0 fully saturated rings. The molecular formula is C20H28BrNO4S. The van der Waals surface area contributed by atoms with Crippen molar-refractivity contribution in [2.75, 3.05) is 6.61 Å². The van der Waals surface area contributed by atoms with Gasteiger partial charge in [0.2, 0.25) is 0 Å². The molecule has 0 radical (unpaired) electrons. The summed E-state index contributed by atoms with van der Waals surface area (Å²) >= 11 is 4.86. The maximum absolute atomic E-state index is 12.3. The Labute approximate surface area is 172 Å². The molecule has 0 bridgehead atoms. The first-order chi connectivity index (χ1) is 12.2. The van der Waals surface area contributed by atoms with Crippen LogP contribution in [0.3, 0.4) is 0 Å². The van der Waals surface area contributed by atoms with Gasteiger partial charge in [0.25, 0.3) is 0 Å². The van der Waals surface area contributed by atoms with Crippen LogP contribution in [0.2, 0.25) is 0 Å². The van der Waals surface area contributed by atoms with Crippen molar-refractivity contribution < 1.29 is 14.3 Å². The highest BCUT2D eigenvalue weighted by atomic mass is 79.9. The molecule has 1 aromatic carbocycles. The molecule has 0 N–H and O–H groups in total. The third kappa shape index (κ3) is 5.00. The lowest BCUT2D eigenvalue weighted by molar-refractivity contribution is -0.162. The van der Waals surface area contributed by atoms with Crippen molar-refractivity contribution >= 4 is 43.5 Å². The number of aryl methyl sites for hydroxylation is 2. The van der Waals surface area contributed by atoms with Gasteiger partial charge in [-0.05, 0) is 76.0 Å². The van der Waals surface area contributed by atoms with Crippen LogP contribution in [0.5, 0.6) is 0 Å². The molecule has 0 amide bonds. The number of hydrogen-bond donors (Lipinski definition) is 0. The van der Waals surface area contributed by atoms with Gasteiger partial charge in [0, 0.05) is 17.1 Å². The highest BCUT2D eigenvalue weighted by molar-refractivity contribution is 9.10. The zero-order valence-corrected chi connectivity index (χ0v) is 19.6. The summed E-state index contributed by atoms with van der Waals surface area (Å²) in [7, 11) is 1.76. The SMILES string of the molecule is Cc1cc2c(sc(=O)n2C)c(Br)c1[C@H](COC(=O)C(C)(C)C)OC(C)(C)C. The van der Waals surface area contributed by atoms with E-state index in [0.29, 0.717) is 0 Å². The first kappa shape index (κ1) is 22.1. The van der Waals surface area contributed by atoms with Crippen LogP contribution in [0.25, 0.3) is 10.2 Å². The Morgan fingerprint density at radius 1 is 1.26 bits per heavy atom. The van der Waals surface area contributed by atoms with E-state index in [1.165, 1.54) is 11.3 Å². The summed E-state index contributed by atoms with van der Waals surface area (Å²) in [5.41, 5.74) is 1.74. The van der Waals surface area contributed by atoms with Gasteiger partial charge < -0.3 is 14.0 Å². The number of hydrogen-bond acceptors (Lipinski definition) is 5. The van der Waals surface area contributed by atoms with Crippen LogP contribution >= 0.6 is 27.3 Å². The van der Waals surface area contributed by atoms with Crippen LogP contribution in [-0.2, 0) is 21.3 Å². The van der Waals surface area contributed by atoms with E-state index in [0.717, 1.165) is 25.8 Å². The molecule has 0 saturated carbocycles. The summed E-state index contributed by atoms with van der Waals surface area (Å²) in [5.74, 6) is -0.274. The molecule has 27 heavy (non-hydrogen) atoms. The molecule has 150 valence electrons. The van der Waals surface area contributed by atoms with Gasteiger partial charge in [-0.25, -0.2) is 0 Å². The van der Waals surface area contributed by atoms with Gasteiger partial charge in [-0.1, -0.05) is 11.3 Å². The van der Waals surface area contributed by atoms with E-state index in [-0.39, 0.29) is 17.4 Å². The van der Waals surface area contributed by atoms with Crippen molar-refractivity contribution in [3.05, 3.63) is 31.3 Å². The number of fused-ring (bicyclic) bond motifs is 1. The quantitative estimate of drug-likeness (QED) is 0.597. The molecule has 1 heterocycles. The van der Waals surface area contributed by atoms with E-state index < -0.39 is 17.1 Å². The Balaban J connectivity index is 2.52. The molecule has 0 aliphatic heterocycles. The minimum absolute atomic E-state index is 0.0188. The number of nitrogens with zero attached hydrogens (tertiary/aromatic N) is 1. The van der Waals surface area contributed by atoms with Crippen LogP contribution in [-0.4, -0.2) is 22.7 Å². The molecule has 0 unspecified atom stereocenters. The molecule has 0 saturated heterocycles. The van der Waals surface area contributed by atoms with Gasteiger partial charge in [-0.15, -0.1) is 0 Å². The van der Waals surface area contributed by atoms with Gasteiger partial charge in [-0.3, -0.25) is 9.59 Å². The zero-order valence-electron chi connectivity index (χ0n) is 17.2. The van der Waals surface area contributed by atoms with Crippen molar-refractivity contribution in [3.63, 3.8) is 0 Å². The molecule has 5 nitrogen and oxygen atoms in total. The smallest absolute Gasteiger partial charge is 0.311 e. The average Bonchev–Trinajstić information content (AvgIpc) is 2.78. The topological polar surface area (TPSA) is 57.5 Å². The van der Waals surface area contributed by atoms with E-state index >= 15 is 0 Å². The zero-order chi connectivity index (χ0) is 20.7. The number of benzene rings is 1. The van der Waals surface area contributed by atoms with E-state index in [1.807, 2.05) is 54.5 Å². The minimum atomic E-state index is -0.582. The maximum Gasteiger partial charge on any atom is 0.311 e. The second kappa shape index (κ2) is 7.68. The Kier molecular flexibility index (Phi) is 6.29. The predicted octanol–water partition coefficient (Wildman–Crippen LogP) is 5.12. The molecule has 2 rings (SSSR count). The van der Waals surface area contributed by atoms with Gasteiger partial charge in [0.1, 0.15) is 12.7 Å². The van der Waals surface area contributed by atoms with Crippen molar-refractivity contribution in [2.24, 2.45) is 12.5 Å². The van der Waals surface area contributed by atoms with E-state index in [1.54, 1.807) is 11.6 Å². The van der Waals surface area contributed by atoms with Crippen LogP contribution in [0, 0.1) is 12.3 Å². The second-order valence-electron chi connectivity index (χ2n) is 8.76. The van der Waals surface area contributed by atoms with Crippen molar-refractivity contribution in [1.82, 2.24) is 4.57 Å². The summed E-state index contributed by atoms with van der Waals surface area (Å²) in [6.45, 7) is 13.5. The summed E-state index contributed by atoms with van der Waals surface area (Å²) in [5, 5.41) is 0. The third-order valence-electron chi connectivity index (χ3n) is 4.07. The molecule has 2 aromatic rings. The summed E-state index contributed by atoms with van der Waals surface area (Å²) in [6, 6.07) is 1.98. The van der Waals surface area contributed by atoms with Crippen LogP contribution < -0.4 is 4.87 Å². The highest BCUT2D eigenvalue weighted by Crippen LogP contribution is 2.38. The van der Waals surface area contributed by atoms with Gasteiger partial charge in [-0.2, -0.15) is 0 Å². The van der Waals surface area contributed by atoms with Crippen LogP contribution in [0.1, 0.15) is 58.8 Å². The van der Waals surface area contributed by atoms with Gasteiger partial charge in [0.15, 0.2) is 0 Å². The monoisotopic (exact) mass is 457 g/mol. The number of halogens is 1. The lowest BCUT2D eigenvalue weighted by Crippen LogP contribution is -2.30. The minimum Gasteiger partial charge on any atom is -0.462 e. The molecule has 1 atom stereocenters. The summed E-state index contributed by atoms with van der Waals surface area (Å²) < 4.78 is 15.1. The van der Waals surface area contributed by atoms with E-state index in [9.17, 15) is 9.59 Å². The van der Waals surface area contributed by atoms with E-state index in [4.69, 9.17) is 9.47 Å². The van der Waals surface area contributed by atoms with E-state index in [2.05, 4.69) is 15.9 Å². The number of thiazole rings is 1. The molecular weight excluding hydrogens is 430 g/mol. The molecule has 7 heteroatoms. The van der Waals surface area contributed by atoms with Gasteiger partial charge >= 0.3 is 10.8 Å². The normalized spacial score (nSPS) is 13.8. The summed E-state index contributed by atoms with van der Waals surface area (Å²) in [4.78, 5) is 24.3. The van der Waals surface area contributed by atoms with Crippen molar-refractivity contribution in [1.29, 1.82) is 0 Å². The fourth-order valence-corrected chi connectivity index (χ4v) is 4.65. The number of rotatable bonds is 4. The first-order valence-electron chi connectivity index (χ1n) is 8.86. The number of esters is 1. The fraction of sp³-hybridized carbons (Fsp3) is 0.600. The standard InChI is InChI=1S/C20H28BrNO4S/c1-11-9-12-16(27-18(24)22(12)8)15(21)14(11)13(26-20(5,6)7)10-25-17(23)19(2,3)4/h9,13H,10H2,1-8H3/t13-/m0/s1. The lowest BCUT2D eigenvalue weighted by Gasteiger charge is -2.30. The first-order valence-corrected chi connectivity index (χ1v) is 10.5. The Morgan fingerprint density at radius 3 is 2.37 bits per heavy atom. The average molecular weight is 458 g/mol. The second-order valence-corrected chi connectivity index (χ2v) is 10.5. The third-order valence-corrected chi connectivity index (χ3v) is 6.22. The molecule has 0 aliphatic carbocycles. The molecule has 0 spiro atoms. The molecule has 1 aromatic heterocycles. The van der Waals surface area contributed by atoms with Crippen molar-refractivity contribution in [3.8, 4) is 0 Å². The van der Waals surface area contributed by atoms with Gasteiger partial charge in [0.05, 0.1) is 21.2 Å². The summed E-state index contributed by atoms with van der Waals surface area (Å²) in [6.07, 6.45) is -0.447. The number of carbonyl (C=O) groups excluding carboxylic acids is 1. The largest absolute Gasteiger partial charge is 0.462 e. The van der Waals surface area contributed by atoms with Crippen molar-refractivity contribution in [2.45, 2.75) is 60.2 Å². The fourth-order valence-electron chi connectivity index (χ4n) is 2.72. The predicted molar refractivity (Wildman–Crippen MR) is 113 cm³/mol. The lowest BCUT2D eigenvalue weighted by atomic mass is 9.97. The Morgan fingerprint density at radius 2 is 1.85 bits per heavy atom. The van der Waals surface area contributed by atoms with Crippen LogP contribution in [0.4, 0.5) is 0 Å². The van der Waals surface area contributed by atoms with Crippen LogP contribution in [0.15, 0.2) is 15.3 Å². The number of aromatic nitrogens is 1.